The molecule has 0 radical (unpaired) electrons. The van der Waals surface area contributed by atoms with Crippen LogP contribution in [0.2, 0.25) is 0 Å². The van der Waals surface area contributed by atoms with Crippen LogP contribution in [0, 0.1) is 0 Å². The molecule has 3 rings (SSSR count). The van der Waals surface area contributed by atoms with Crippen molar-refractivity contribution in [1.29, 1.82) is 0 Å². The lowest BCUT2D eigenvalue weighted by atomic mass is 10.3. The molecule has 0 saturated heterocycles. The Balaban J connectivity index is 2.02. The van der Waals surface area contributed by atoms with E-state index in [1.54, 1.807) is 35.4 Å². The van der Waals surface area contributed by atoms with Gasteiger partial charge in [0.1, 0.15) is 5.82 Å². The highest BCUT2D eigenvalue weighted by atomic mass is 16.1. The summed E-state index contributed by atoms with van der Waals surface area (Å²) < 4.78 is 1.71. The lowest BCUT2D eigenvalue weighted by Gasteiger charge is -1.97. The van der Waals surface area contributed by atoms with E-state index in [1.165, 1.54) is 0 Å². The molecule has 3 aromatic rings. The molecule has 0 saturated carbocycles. The summed E-state index contributed by atoms with van der Waals surface area (Å²) in [5, 5.41) is 4.60. The Morgan fingerprint density at radius 1 is 1.32 bits per heavy atom. The van der Waals surface area contributed by atoms with Crippen molar-refractivity contribution >= 4 is 23.1 Å². The number of rotatable bonds is 2. The van der Waals surface area contributed by atoms with E-state index in [2.05, 4.69) is 20.1 Å². The molecule has 3 heterocycles. The number of hydrogen-bond donors (Lipinski definition) is 1. The fraction of sp³-hybridized carbons (Fsp3) is 0.0769. The van der Waals surface area contributed by atoms with Gasteiger partial charge in [-0.05, 0) is 18.2 Å². The molecule has 0 atom stereocenters. The third-order valence-electron chi connectivity index (χ3n) is 2.69. The van der Waals surface area contributed by atoms with Gasteiger partial charge < -0.3 is 4.98 Å². The maximum absolute atomic E-state index is 11.8. The summed E-state index contributed by atoms with van der Waals surface area (Å²) in [5.41, 5.74) is 1.35. The molecule has 0 bridgehead atoms. The van der Waals surface area contributed by atoms with Crippen LogP contribution >= 0.6 is 0 Å². The zero-order valence-corrected chi connectivity index (χ0v) is 10.2. The van der Waals surface area contributed by atoms with Gasteiger partial charge in [-0.2, -0.15) is 5.10 Å². The first kappa shape index (κ1) is 11.3. The highest BCUT2D eigenvalue weighted by Crippen LogP contribution is 2.06. The minimum absolute atomic E-state index is 0.168. The van der Waals surface area contributed by atoms with Crippen molar-refractivity contribution in [3.63, 3.8) is 0 Å². The second kappa shape index (κ2) is 4.49. The van der Waals surface area contributed by atoms with E-state index in [1.807, 2.05) is 19.3 Å². The highest BCUT2D eigenvalue weighted by Gasteiger charge is 2.01. The van der Waals surface area contributed by atoms with Gasteiger partial charge in [0, 0.05) is 25.0 Å². The molecule has 6 heteroatoms. The van der Waals surface area contributed by atoms with Gasteiger partial charge in [-0.3, -0.25) is 14.5 Å². The van der Waals surface area contributed by atoms with E-state index in [4.69, 9.17) is 0 Å². The van der Waals surface area contributed by atoms with Crippen molar-refractivity contribution in [1.82, 2.24) is 24.7 Å². The van der Waals surface area contributed by atoms with Crippen LogP contribution in [0.1, 0.15) is 11.4 Å². The largest absolute Gasteiger partial charge is 0.306 e. The number of nitrogens with one attached hydrogen (secondary N) is 1. The Morgan fingerprint density at radius 3 is 3.00 bits per heavy atom. The minimum atomic E-state index is -0.168. The van der Waals surface area contributed by atoms with E-state index in [9.17, 15) is 4.79 Å². The summed E-state index contributed by atoms with van der Waals surface area (Å²) in [5.74, 6) is 0.495. The maximum Gasteiger partial charge on any atom is 0.259 e. The van der Waals surface area contributed by atoms with Crippen molar-refractivity contribution in [3.05, 3.63) is 52.6 Å². The lowest BCUT2D eigenvalue weighted by Crippen LogP contribution is -2.09. The molecular weight excluding hydrogens is 242 g/mol. The summed E-state index contributed by atoms with van der Waals surface area (Å²) in [6.45, 7) is 0. The molecular formula is C13H11N5O. The molecule has 0 aliphatic heterocycles. The fourth-order valence-corrected chi connectivity index (χ4v) is 1.79. The normalized spacial score (nSPS) is 11.4. The van der Waals surface area contributed by atoms with Crippen LogP contribution in [0.15, 0.2) is 35.6 Å². The standard InChI is InChI=1S/C13H11N5O/c1-18-8-9(6-15-18)2-3-12-16-11-7-14-5-4-10(11)13(19)17-12/h2-8H,1H3,(H,16,17,19). The van der Waals surface area contributed by atoms with Gasteiger partial charge in [0.15, 0.2) is 0 Å². The molecule has 0 amide bonds. The van der Waals surface area contributed by atoms with Gasteiger partial charge in [-0.15, -0.1) is 0 Å². The molecule has 0 unspecified atom stereocenters. The predicted octanol–water partition coefficient (Wildman–Crippen LogP) is 1.22. The molecule has 3 aromatic heterocycles. The maximum atomic E-state index is 11.8. The molecule has 94 valence electrons. The molecule has 0 fully saturated rings. The van der Waals surface area contributed by atoms with Crippen LogP contribution in [0.3, 0.4) is 0 Å². The summed E-state index contributed by atoms with van der Waals surface area (Å²) in [4.78, 5) is 22.9. The van der Waals surface area contributed by atoms with Crippen LogP contribution in [-0.2, 0) is 7.05 Å². The molecule has 1 N–H and O–H groups in total. The monoisotopic (exact) mass is 253 g/mol. The number of aromatic amines is 1. The minimum Gasteiger partial charge on any atom is -0.306 e. The number of nitrogens with zero attached hydrogens (tertiary/aromatic N) is 4. The van der Waals surface area contributed by atoms with Crippen LogP contribution in [-0.4, -0.2) is 24.7 Å². The Labute approximate surface area is 108 Å². The first-order valence-corrected chi connectivity index (χ1v) is 5.73. The van der Waals surface area contributed by atoms with Gasteiger partial charge in [0.25, 0.3) is 5.56 Å². The number of hydrogen-bond acceptors (Lipinski definition) is 4. The first-order chi connectivity index (χ1) is 9.22. The Bertz CT molecular complexity index is 815. The third-order valence-corrected chi connectivity index (χ3v) is 2.69. The molecule has 0 aromatic carbocycles. The Morgan fingerprint density at radius 2 is 2.21 bits per heavy atom. The molecule has 6 nitrogen and oxygen atoms in total. The highest BCUT2D eigenvalue weighted by molar-refractivity contribution is 5.77. The molecule has 19 heavy (non-hydrogen) atoms. The topological polar surface area (TPSA) is 76.5 Å². The summed E-state index contributed by atoms with van der Waals surface area (Å²) in [7, 11) is 1.85. The zero-order valence-electron chi connectivity index (χ0n) is 10.2. The van der Waals surface area contributed by atoms with Gasteiger partial charge in [0.2, 0.25) is 0 Å². The average molecular weight is 253 g/mol. The smallest absolute Gasteiger partial charge is 0.259 e. The van der Waals surface area contributed by atoms with Gasteiger partial charge in [0.05, 0.1) is 23.3 Å². The first-order valence-electron chi connectivity index (χ1n) is 5.73. The summed E-state index contributed by atoms with van der Waals surface area (Å²) in [6.07, 6.45) is 10.3. The third kappa shape index (κ3) is 2.28. The molecule has 0 spiro atoms. The lowest BCUT2D eigenvalue weighted by molar-refractivity contribution is 0.767. The van der Waals surface area contributed by atoms with E-state index >= 15 is 0 Å². The van der Waals surface area contributed by atoms with Crippen LogP contribution in [0.25, 0.3) is 23.1 Å². The van der Waals surface area contributed by atoms with Crippen LogP contribution in [0.4, 0.5) is 0 Å². The van der Waals surface area contributed by atoms with Gasteiger partial charge >= 0.3 is 0 Å². The number of pyridine rings is 1. The van der Waals surface area contributed by atoms with Crippen LogP contribution in [0.5, 0.6) is 0 Å². The van der Waals surface area contributed by atoms with E-state index in [0.717, 1.165) is 5.56 Å². The van der Waals surface area contributed by atoms with E-state index in [-0.39, 0.29) is 5.56 Å². The quantitative estimate of drug-likeness (QED) is 0.745. The average Bonchev–Trinajstić information content (AvgIpc) is 2.82. The Hall–Kier alpha value is -2.76. The van der Waals surface area contributed by atoms with Crippen molar-refractivity contribution < 1.29 is 0 Å². The second-order valence-corrected chi connectivity index (χ2v) is 4.12. The van der Waals surface area contributed by atoms with E-state index in [0.29, 0.717) is 16.7 Å². The number of aromatic nitrogens is 5. The number of fused-ring (bicyclic) bond motifs is 1. The van der Waals surface area contributed by atoms with E-state index < -0.39 is 0 Å². The number of H-pyrrole nitrogens is 1. The van der Waals surface area contributed by atoms with Crippen molar-refractivity contribution in [2.75, 3.05) is 0 Å². The second-order valence-electron chi connectivity index (χ2n) is 4.12. The van der Waals surface area contributed by atoms with Crippen molar-refractivity contribution in [3.8, 4) is 0 Å². The van der Waals surface area contributed by atoms with Crippen LogP contribution < -0.4 is 5.56 Å². The summed E-state index contributed by atoms with van der Waals surface area (Å²) in [6, 6.07) is 1.65. The van der Waals surface area contributed by atoms with Gasteiger partial charge in [-0.1, -0.05) is 0 Å². The van der Waals surface area contributed by atoms with Crippen molar-refractivity contribution in [2.45, 2.75) is 0 Å². The Kier molecular flexibility index (Phi) is 2.68. The fourth-order valence-electron chi connectivity index (χ4n) is 1.79. The predicted molar refractivity (Wildman–Crippen MR) is 72.3 cm³/mol. The SMILES string of the molecule is Cn1cc(C=Cc2nc3cnccc3c(=O)[nH]2)cn1. The van der Waals surface area contributed by atoms with Crippen molar-refractivity contribution in [2.24, 2.45) is 7.05 Å². The molecule has 0 aliphatic carbocycles. The summed E-state index contributed by atoms with van der Waals surface area (Å²) >= 11 is 0. The van der Waals surface area contributed by atoms with Gasteiger partial charge in [-0.25, -0.2) is 4.98 Å². The zero-order chi connectivity index (χ0) is 13.2. The number of aryl methyl sites for hydroxylation is 1. The molecule has 0 aliphatic rings.